The molecule has 1 saturated heterocycles. The molecule has 2 rings (SSSR count). The molecule has 1 unspecified atom stereocenters. The third-order valence-corrected chi connectivity index (χ3v) is 3.82. The molecule has 0 radical (unpaired) electrons. The van der Waals surface area contributed by atoms with Crippen LogP contribution in [-0.2, 0) is 6.54 Å². The summed E-state index contributed by atoms with van der Waals surface area (Å²) in [5.74, 6) is 1.30. The normalized spacial score (nSPS) is 19.4. The summed E-state index contributed by atoms with van der Waals surface area (Å²) in [7, 11) is 0. The fourth-order valence-corrected chi connectivity index (χ4v) is 2.87. The van der Waals surface area contributed by atoms with Crippen LogP contribution in [0, 0.1) is 11.7 Å². The van der Waals surface area contributed by atoms with Crippen LogP contribution >= 0.6 is 0 Å². The molecule has 0 amide bonds. The number of hydrogen-bond acceptors (Lipinski definition) is 3. The van der Waals surface area contributed by atoms with Gasteiger partial charge in [0.1, 0.15) is 11.6 Å². The van der Waals surface area contributed by atoms with Crippen molar-refractivity contribution in [2.24, 2.45) is 5.92 Å². The van der Waals surface area contributed by atoms with Gasteiger partial charge in [0.05, 0.1) is 6.20 Å². The highest BCUT2D eigenvalue weighted by Crippen LogP contribution is 2.30. The lowest BCUT2D eigenvalue weighted by atomic mass is 10.0. The average molecular weight is 265 g/mol. The van der Waals surface area contributed by atoms with Crippen LogP contribution in [0.5, 0.6) is 0 Å². The van der Waals surface area contributed by atoms with E-state index in [1.54, 1.807) is 6.07 Å². The summed E-state index contributed by atoms with van der Waals surface area (Å²) in [5, 5.41) is 3.27. The van der Waals surface area contributed by atoms with Gasteiger partial charge in [0.15, 0.2) is 0 Å². The Labute approximate surface area is 115 Å². The third-order valence-electron chi connectivity index (χ3n) is 3.82. The molecule has 0 saturated carbocycles. The highest BCUT2D eigenvalue weighted by molar-refractivity contribution is 5.49. The number of halogens is 1. The number of nitrogens with zero attached hydrogens (tertiary/aromatic N) is 2. The van der Waals surface area contributed by atoms with Crippen molar-refractivity contribution in [2.75, 3.05) is 18.0 Å². The smallest absolute Gasteiger partial charge is 0.141 e. The van der Waals surface area contributed by atoms with Crippen molar-refractivity contribution in [3.63, 3.8) is 0 Å². The second-order valence-electron chi connectivity index (χ2n) is 5.56. The van der Waals surface area contributed by atoms with Gasteiger partial charge in [-0.1, -0.05) is 20.8 Å². The van der Waals surface area contributed by atoms with E-state index in [4.69, 9.17) is 0 Å². The van der Waals surface area contributed by atoms with Crippen LogP contribution in [0.25, 0.3) is 0 Å². The Morgan fingerprint density at radius 3 is 3.00 bits per heavy atom. The van der Waals surface area contributed by atoms with Gasteiger partial charge in [0, 0.05) is 24.7 Å². The molecule has 1 aromatic heterocycles. The topological polar surface area (TPSA) is 28.2 Å². The molecule has 1 aliphatic rings. The Kier molecular flexibility index (Phi) is 4.75. The number of aromatic nitrogens is 1. The molecule has 1 aromatic rings. The van der Waals surface area contributed by atoms with Gasteiger partial charge in [0.2, 0.25) is 0 Å². The van der Waals surface area contributed by atoms with Gasteiger partial charge in [-0.15, -0.1) is 0 Å². The lowest BCUT2D eigenvalue weighted by Gasteiger charge is -2.30. The lowest BCUT2D eigenvalue weighted by molar-refractivity contribution is 0.487. The predicted octanol–water partition coefficient (Wildman–Crippen LogP) is 2.96. The average Bonchev–Trinajstić information content (AvgIpc) is 2.85. The molecule has 3 nitrogen and oxygen atoms in total. The van der Waals surface area contributed by atoms with E-state index in [1.807, 2.05) is 0 Å². The minimum Gasteiger partial charge on any atom is -0.353 e. The van der Waals surface area contributed by atoms with Gasteiger partial charge < -0.3 is 10.2 Å². The molecule has 106 valence electrons. The summed E-state index contributed by atoms with van der Waals surface area (Å²) in [6.45, 7) is 9.13. The Morgan fingerprint density at radius 1 is 1.53 bits per heavy atom. The molecule has 0 spiro atoms. The van der Waals surface area contributed by atoms with Crippen LogP contribution in [0.2, 0.25) is 0 Å². The van der Waals surface area contributed by atoms with E-state index >= 15 is 0 Å². The van der Waals surface area contributed by atoms with Crippen molar-refractivity contribution < 1.29 is 4.39 Å². The fraction of sp³-hybridized carbons (Fsp3) is 0.667. The molecule has 0 aliphatic carbocycles. The van der Waals surface area contributed by atoms with Crippen LogP contribution < -0.4 is 10.2 Å². The lowest BCUT2D eigenvalue weighted by Crippen LogP contribution is -2.35. The third kappa shape index (κ3) is 3.24. The zero-order valence-electron chi connectivity index (χ0n) is 12.1. The summed E-state index contributed by atoms with van der Waals surface area (Å²) >= 11 is 0. The summed E-state index contributed by atoms with van der Waals surface area (Å²) in [5.41, 5.74) is 0.967. The largest absolute Gasteiger partial charge is 0.353 e. The zero-order chi connectivity index (χ0) is 13.8. The van der Waals surface area contributed by atoms with E-state index in [0.29, 0.717) is 18.5 Å². The van der Waals surface area contributed by atoms with Crippen LogP contribution in [0.1, 0.15) is 39.2 Å². The first-order valence-electron chi connectivity index (χ1n) is 7.25. The predicted molar refractivity (Wildman–Crippen MR) is 76.8 cm³/mol. The van der Waals surface area contributed by atoms with Crippen molar-refractivity contribution >= 4 is 5.82 Å². The molecule has 1 fully saturated rings. The van der Waals surface area contributed by atoms with Crippen molar-refractivity contribution in [3.8, 4) is 0 Å². The van der Waals surface area contributed by atoms with Gasteiger partial charge in [0.25, 0.3) is 0 Å². The number of nitrogens with one attached hydrogen (secondary N) is 1. The minimum absolute atomic E-state index is 0.253. The maximum Gasteiger partial charge on any atom is 0.141 e. The van der Waals surface area contributed by atoms with Crippen LogP contribution in [-0.4, -0.2) is 24.1 Å². The molecule has 1 aliphatic heterocycles. The van der Waals surface area contributed by atoms with Crippen molar-refractivity contribution in [3.05, 3.63) is 23.6 Å². The Morgan fingerprint density at radius 2 is 2.32 bits per heavy atom. The standard InChI is InChI=1S/C15H24FN3/c1-4-17-9-12-8-13(16)10-18-15(12)19-7-5-6-14(19)11(2)3/h8,10-11,14,17H,4-7,9H2,1-3H3. The van der Waals surface area contributed by atoms with E-state index in [-0.39, 0.29) is 5.82 Å². The molecule has 1 atom stereocenters. The minimum atomic E-state index is -0.253. The highest BCUT2D eigenvalue weighted by Gasteiger charge is 2.29. The first-order valence-corrected chi connectivity index (χ1v) is 7.25. The first kappa shape index (κ1) is 14.3. The summed E-state index contributed by atoms with van der Waals surface area (Å²) < 4.78 is 13.4. The van der Waals surface area contributed by atoms with E-state index in [2.05, 4.69) is 36.0 Å². The molecule has 1 N–H and O–H groups in total. The Hall–Kier alpha value is -1.16. The van der Waals surface area contributed by atoms with E-state index in [0.717, 1.165) is 24.5 Å². The van der Waals surface area contributed by atoms with Crippen molar-refractivity contribution in [1.82, 2.24) is 10.3 Å². The maximum atomic E-state index is 13.4. The zero-order valence-corrected chi connectivity index (χ0v) is 12.1. The Bertz CT molecular complexity index is 420. The van der Waals surface area contributed by atoms with Gasteiger partial charge >= 0.3 is 0 Å². The van der Waals surface area contributed by atoms with Gasteiger partial charge in [-0.05, 0) is 31.4 Å². The molecule has 19 heavy (non-hydrogen) atoms. The van der Waals surface area contributed by atoms with Crippen molar-refractivity contribution in [2.45, 2.75) is 46.2 Å². The second-order valence-corrected chi connectivity index (χ2v) is 5.56. The summed E-state index contributed by atoms with van der Waals surface area (Å²) in [6.07, 6.45) is 3.74. The highest BCUT2D eigenvalue weighted by atomic mass is 19.1. The number of hydrogen-bond donors (Lipinski definition) is 1. The number of anilines is 1. The van der Waals surface area contributed by atoms with E-state index in [1.165, 1.54) is 19.0 Å². The van der Waals surface area contributed by atoms with E-state index < -0.39 is 0 Å². The van der Waals surface area contributed by atoms with Gasteiger partial charge in [-0.2, -0.15) is 0 Å². The molecule has 2 heterocycles. The second kappa shape index (κ2) is 6.33. The van der Waals surface area contributed by atoms with Crippen LogP contribution in [0.3, 0.4) is 0 Å². The monoisotopic (exact) mass is 265 g/mol. The summed E-state index contributed by atoms with van der Waals surface area (Å²) in [4.78, 5) is 6.71. The Balaban J connectivity index is 2.27. The summed E-state index contributed by atoms with van der Waals surface area (Å²) in [6, 6.07) is 2.14. The van der Waals surface area contributed by atoms with Gasteiger partial charge in [-0.25, -0.2) is 9.37 Å². The quantitative estimate of drug-likeness (QED) is 0.887. The first-order chi connectivity index (χ1) is 9.13. The van der Waals surface area contributed by atoms with E-state index in [9.17, 15) is 4.39 Å². The fourth-order valence-electron chi connectivity index (χ4n) is 2.87. The molecular formula is C15H24FN3. The van der Waals surface area contributed by atoms with Gasteiger partial charge in [-0.3, -0.25) is 0 Å². The molecule has 0 bridgehead atoms. The van der Waals surface area contributed by atoms with Crippen LogP contribution in [0.15, 0.2) is 12.3 Å². The SMILES string of the molecule is CCNCc1cc(F)cnc1N1CCCC1C(C)C. The number of pyridine rings is 1. The maximum absolute atomic E-state index is 13.4. The molecular weight excluding hydrogens is 241 g/mol. The van der Waals surface area contributed by atoms with Crippen LogP contribution in [0.4, 0.5) is 10.2 Å². The number of rotatable bonds is 5. The molecule has 0 aromatic carbocycles. The van der Waals surface area contributed by atoms with Crippen molar-refractivity contribution in [1.29, 1.82) is 0 Å². The molecule has 4 heteroatoms.